The van der Waals surface area contributed by atoms with Crippen molar-refractivity contribution in [3.8, 4) is 0 Å². The Bertz CT molecular complexity index is 1240. The summed E-state index contributed by atoms with van der Waals surface area (Å²) in [7, 11) is -4.23. The van der Waals surface area contributed by atoms with Gasteiger partial charge >= 0.3 is 5.97 Å². The normalized spacial score (nSPS) is 13.2. The zero-order valence-electron chi connectivity index (χ0n) is 15.9. The van der Waals surface area contributed by atoms with Gasteiger partial charge in [0.1, 0.15) is 6.54 Å². The molecule has 1 aliphatic rings. The van der Waals surface area contributed by atoms with Gasteiger partial charge in [0.25, 0.3) is 10.0 Å². The second kappa shape index (κ2) is 8.33. The number of nitrogens with zero attached hydrogens (tertiary/aromatic N) is 4. The number of halogens is 2. The van der Waals surface area contributed by atoms with E-state index in [0.717, 1.165) is 15.6 Å². The Hall–Kier alpha value is -2.88. The van der Waals surface area contributed by atoms with E-state index in [2.05, 4.69) is 9.97 Å². The lowest BCUT2D eigenvalue weighted by Gasteiger charge is -2.24. The predicted octanol–water partition coefficient (Wildman–Crippen LogP) is 3.76. The third kappa shape index (κ3) is 4.30. The third-order valence-electron chi connectivity index (χ3n) is 4.74. The van der Waals surface area contributed by atoms with E-state index in [0.29, 0.717) is 18.9 Å². The second-order valence-electron chi connectivity index (χ2n) is 6.77. The number of carbonyl (C=O) groups is 1. The van der Waals surface area contributed by atoms with Crippen LogP contribution in [0.4, 0.5) is 17.3 Å². The number of aromatic nitrogens is 2. The van der Waals surface area contributed by atoms with Gasteiger partial charge in [-0.25, -0.2) is 18.4 Å². The number of sulfonamides is 1. The van der Waals surface area contributed by atoms with Crippen LogP contribution in [0.2, 0.25) is 10.0 Å². The molecule has 1 N–H and O–H groups in total. The Morgan fingerprint density at radius 3 is 2.42 bits per heavy atom. The minimum absolute atomic E-state index is 0.133. The fraction of sp³-hybridized carbons (Fsp3) is 0.150. The molecule has 0 bridgehead atoms. The van der Waals surface area contributed by atoms with Crippen molar-refractivity contribution in [1.29, 1.82) is 0 Å². The third-order valence-corrected chi connectivity index (χ3v) is 6.93. The molecule has 2 aromatic carbocycles. The van der Waals surface area contributed by atoms with Crippen LogP contribution in [-0.4, -0.2) is 42.6 Å². The molecule has 160 valence electrons. The summed E-state index contributed by atoms with van der Waals surface area (Å²) in [5.74, 6) is -0.755. The Morgan fingerprint density at radius 1 is 1.10 bits per heavy atom. The van der Waals surface area contributed by atoms with E-state index in [-0.39, 0.29) is 20.6 Å². The molecule has 3 aromatic rings. The number of hydrogen-bond acceptors (Lipinski definition) is 6. The average Bonchev–Trinajstić information content (AvgIpc) is 3.15. The molecular weight excluding hydrogens is 463 g/mol. The second-order valence-corrected chi connectivity index (χ2v) is 9.51. The molecule has 2 heterocycles. The molecule has 0 unspecified atom stereocenters. The molecule has 1 aromatic heterocycles. The maximum atomic E-state index is 13.3. The minimum Gasteiger partial charge on any atom is -0.480 e. The van der Waals surface area contributed by atoms with Crippen LogP contribution in [0.25, 0.3) is 0 Å². The molecule has 11 heteroatoms. The molecule has 0 aliphatic carbocycles. The van der Waals surface area contributed by atoms with Crippen molar-refractivity contribution >= 4 is 56.5 Å². The van der Waals surface area contributed by atoms with Gasteiger partial charge in [0.05, 0.1) is 10.6 Å². The van der Waals surface area contributed by atoms with E-state index in [1.54, 1.807) is 36.7 Å². The zero-order chi connectivity index (χ0) is 22.2. The highest BCUT2D eigenvalue weighted by Gasteiger charge is 2.30. The van der Waals surface area contributed by atoms with E-state index in [9.17, 15) is 18.3 Å². The van der Waals surface area contributed by atoms with Crippen LogP contribution < -0.4 is 9.21 Å². The minimum atomic E-state index is -4.23. The lowest BCUT2D eigenvalue weighted by Crippen LogP contribution is -2.35. The molecule has 0 amide bonds. The number of anilines is 3. The Morgan fingerprint density at radius 2 is 1.77 bits per heavy atom. The van der Waals surface area contributed by atoms with Crippen molar-refractivity contribution in [2.24, 2.45) is 0 Å². The van der Waals surface area contributed by atoms with Gasteiger partial charge < -0.3 is 10.0 Å². The number of hydrogen-bond donors (Lipinski definition) is 1. The first-order valence-electron chi connectivity index (χ1n) is 9.14. The predicted molar refractivity (Wildman–Crippen MR) is 118 cm³/mol. The van der Waals surface area contributed by atoms with Crippen LogP contribution in [0.3, 0.4) is 0 Å². The molecule has 0 fully saturated rings. The van der Waals surface area contributed by atoms with Crippen molar-refractivity contribution in [3.63, 3.8) is 0 Å². The average molecular weight is 479 g/mol. The van der Waals surface area contributed by atoms with Crippen molar-refractivity contribution in [2.75, 3.05) is 22.3 Å². The molecule has 4 rings (SSSR count). The first-order valence-corrected chi connectivity index (χ1v) is 11.3. The summed E-state index contributed by atoms with van der Waals surface area (Å²) in [6.45, 7) is -0.130. The Balaban J connectivity index is 1.75. The van der Waals surface area contributed by atoms with Crippen molar-refractivity contribution in [2.45, 2.75) is 11.3 Å². The van der Waals surface area contributed by atoms with Gasteiger partial charge in [0.15, 0.2) is 0 Å². The first kappa shape index (κ1) is 21.4. The van der Waals surface area contributed by atoms with E-state index in [4.69, 9.17) is 23.2 Å². The highest BCUT2D eigenvalue weighted by atomic mass is 35.5. The van der Waals surface area contributed by atoms with Gasteiger partial charge in [-0.2, -0.15) is 0 Å². The standard InChI is InChI=1S/C20H16Cl2N4O4S/c21-14-9-15(22)11-17(10-14)31(29,30)26(12-19(27)28)16-2-3-18-13(8-16)4-7-25(18)20-23-5-1-6-24-20/h1-3,5-6,8-11H,4,7,12H2,(H,27,28). The number of rotatable bonds is 6. The van der Waals surface area contributed by atoms with Gasteiger partial charge in [0, 0.05) is 34.7 Å². The van der Waals surface area contributed by atoms with Gasteiger partial charge in [-0.05, 0) is 54.4 Å². The van der Waals surface area contributed by atoms with Crippen molar-refractivity contribution < 1.29 is 18.3 Å². The number of fused-ring (bicyclic) bond motifs is 1. The Labute approximate surface area is 188 Å². The van der Waals surface area contributed by atoms with Crippen LogP contribution in [0.5, 0.6) is 0 Å². The fourth-order valence-corrected chi connectivity index (χ4v) is 5.56. The van der Waals surface area contributed by atoms with E-state index in [1.165, 1.54) is 18.2 Å². The van der Waals surface area contributed by atoms with E-state index < -0.39 is 22.5 Å². The van der Waals surface area contributed by atoms with Gasteiger partial charge in [-0.3, -0.25) is 9.10 Å². The van der Waals surface area contributed by atoms with E-state index >= 15 is 0 Å². The molecule has 0 saturated carbocycles. The lowest BCUT2D eigenvalue weighted by molar-refractivity contribution is -0.135. The van der Waals surface area contributed by atoms with Crippen LogP contribution in [0, 0.1) is 0 Å². The summed E-state index contributed by atoms with van der Waals surface area (Å²) in [5, 5.41) is 9.63. The van der Waals surface area contributed by atoms with Crippen molar-refractivity contribution in [1.82, 2.24) is 9.97 Å². The largest absolute Gasteiger partial charge is 0.480 e. The summed E-state index contributed by atoms with van der Waals surface area (Å²) >= 11 is 11.9. The molecular formula is C20H16Cl2N4O4S. The summed E-state index contributed by atoms with van der Waals surface area (Å²) in [6.07, 6.45) is 3.92. The number of carboxylic acids is 1. The van der Waals surface area contributed by atoms with Gasteiger partial charge in [0.2, 0.25) is 5.95 Å². The van der Waals surface area contributed by atoms with Crippen LogP contribution in [0.15, 0.2) is 59.8 Å². The summed E-state index contributed by atoms with van der Waals surface area (Å²) in [4.78, 5) is 21.7. The monoisotopic (exact) mass is 478 g/mol. The molecule has 8 nitrogen and oxygen atoms in total. The maximum Gasteiger partial charge on any atom is 0.324 e. The highest BCUT2D eigenvalue weighted by Crippen LogP contribution is 2.36. The summed E-state index contributed by atoms with van der Waals surface area (Å²) < 4.78 is 27.4. The summed E-state index contributed by atoms with van der Waals surface area (Å²) in [5.41, 5.74) is 1.93. The van der Waals surface area contributed by atoms with Crippen molar-refractivity contribution in [3.05, 3.63) is 70.5 Å². The number of carboxylic acid groups (broad SMARTS) is 1. The van der Waals surface area contributed by atoms with Crippen LogP contribution in [-0.2, 0) is 21.2 Å². The SMILES string of the molecule is O=C(O)CN(c1ccc2c(c1)CCN2c1ncccn1)S(=O)(=O)c1cc(Cl)cc(Cl)c1. The van der Waals surface area contributed by atoms with Gasteiger partial charge in [-0.1, -0.05) is 23.2 Å². The number of aliphatic carboxylic acids is 1. The fourth-order valence-electron chi connectivity index (χ4n) is 3.42. The first-order chi connectivity index (χ1) is 14.8. The number of benzene rings is 2. The molecule has 31 heavy (non-hydrogen) atoms. The molecule has 0 spiro atoms. The van der Waals surface area contributed by atoms with Crippen LogP contribution >= 0.6 is 23.2 Å². The molecule has 0 saturated heterocycles. The molecule has 0 atom stereocenters. The molecule has 1 aliphatic heterocycles. The zero-order valence-corrected chi connectivity index (χ0v) is 18.3. The lowest BCUT2D eigenvalue weighted by atomic mass is 10.1. The highest BCUT2D eigenvalue weighted by molar-refractivity contribution is 7.92. The Kier molecular flexibility index (Phi) is 5.74. The summed E-state index contributed by atoms with van der Waals surface area (Å²) in [6, 6.07) is 10.6. The topological polar surface area (TPSA) is 104 Å². The maximum absolute atomic E-state index is 13.3. The quantitative estimate of drug-likeness (QED) is 0.574. The smallest absolute Gasteiger partial charge is 0.324 e. The van der Waals surface area contributed by atoms with Crippen LogP contribution in [0.1, 0.15) is 5.56 Å². The van der Waals surface area contributed by atoms with E-state index in [1.807, 2.05) is 4.90 Å². The van der Waals surface area contributed by atoms with Gasteiger partial charge in [-0.15, -0.1) is 0 Å². The molecule has 0 radical (unpaired) electrons.